The molecule has 2 aromatic heterocycles. The summed E-state index contributed by atoms with van der Waals surface area (Å²) in [6.07, 6.45) is 7.23. The van der Waals surface area contributed by atoms with E-state index in [0.717, 1.165) is 42.6 Å². The van der Waals surface area contributed by atoms with Gasteiger partial charge in [0, 0.05) is 5.56 Å². The third-order valence-corrected chi connectivity index (χ3v) is 5.83. The highest BCUT2D eigenvalue weighted by molar-refractivity contribution is 5.63. The first-order chi connectivity index (χ1) is 15.0. The van der Waals surface area contributed by atoms with Crippen molar-refractivity contribution in [3.05, 3.63) is 47.9 Å². The number of piperidine rings is 1. The van der Waals surface area contributed by atoms with E-state index in [4.69, 9.17) is 15.2 Å². The highest BCUT2D eigenvalue weighted by atomic mass is 16.5. The van der Waals surface area contributed by atoms with Crippen LogP contribution in [0.15, 0.2) is 36.8 Å². The number of anilines is 1. The molecule has 9 heteroatoms. The molecule has 0 unspecified atom stereocenters. The predicted octanol–water partition coefficient (Wildman–Crippen LogP) is 2.17. The minimum absolute atomic E-state index is 0.206. The third-order valence-electron chi connectivity index (χ3n) is 5.83. The number of hydrogen-bond acceptors (Lipinski definition) is 8. The molecule has 0 spiro atoms. The molecule has 3 aromatic rings. The number of nitrogen functional groups attached to an aromatic ring is 1. The van der Waals surface area contributed by atoms with E-state index in [1.807, 2.05) is 36.0 Å². The lowest BCUT2D eigenvalue weighted by atomic mass is 9.89. The minimum atomic E-state index is -0.954. The molecule has 2 fully saturated rings. The van der Waals surface area contributed by atoms with Crippen LogP contribution < -0.4 is 15.8 Å². The molecule has 0 amide bonds. The lowest BCUT2D eigenvalue weighted by Gasteiger charge is -2.37. The van der Waals surface area contributed by atoms with Gasteiger partial charge in [0.2, 0.25) is 0 Å². The van der Waals surface area contributed by atoms with Crippen LogP contribution in [-0.4, -0.2) is 51.2 Å². The highest BCUT2D eigenvalue weighted by Gasteiger charge is 2.38. The highest BCUT2D eigenvalue weighted by Crippen LogP contribution is 2.34. The molecule has 2 saturated heterocycles. The average Bonchev–Trinajstić information content (AvgIpc) is 3.22. The van der Waals surface area contributed by atoms with Crippen LogP contribution >= 0.6 is 0 Å². The quantitative estimate of drug-likeness (QED) is 0.572. The standard InChI is InChI=1S/C22H26N6O3/c1-14-6-15(8-16(7-14)22(29)12-30-13-22)19-10-25-20(23)21(27-19)31-18-9-26-28(11-18)17-2-4-24-5-3-17/h6-11,17,24,29H,2-5,12-13H2,1H3,(H2,23,25). The molecule has 4 heterocycles. The Hall–Kier alpha value is -3.01. The smallest absolute Gasteiger partial charge is 0.263 e. The van der Waals surface area contributed by atoms with Crippen LogP contribution in [0.4, 0.5) is 5.82 Å². The molecule has 9 nitrogen and oxygen atoms in total. The molecule has 0 saturated carbocycles. The van der Waals surface area contributed by atoms with Gasteiger partial charge in [-0.25, -0.2) is 9.97 Å². The van der Waals surface area contributed by atoms with Crippen molar-refractivity contribution in [3.63, 3.8) is 0 Å². The van der Waals surface area contributed by atoms with Crippen LogP contribution in [0, 0.1) is 6.92 Å². The fraction of sp³-hybridized carbons (Fsp3) is 0.409. The first-order valence-electron chi connectivity index (χ1n) is 10.5. The first-order valence-corrected chi connectivity index (χ1v) is 10.5. The van der Waals surface area contributed by atoms with Crippen LogP contribution in [0.3, 0.4) is 0 Å². The van der Waals surface area contributed by atoms with E-state index in [2.05, 4.69) is 20.4 Å². The Balaban J connectivity index is 1.41. The Bertz CT molecular complexity index is 1090. The second-order valence-corrected chi connectivity index (χ2v) is 8.30. The summed E-state index contributed by atoms with van der Waals surface area (Å²) in [7, 11) is 0. The molecular weight excluding hydrogens is 396 g/mol. The number of ether oxygens (including phenoxy) is 2. The SMILES string of the molecule is Cc1cc(-c2cnc(N)c(Oc3cnn(C4CCNCC4)c3)n2)cc(C2(O)COC2)c1. The van der Waals surface area contributed by atoms with E-state index in [-0.39, 0.29) is 11.7 Å². The summed E-state index contributed by atoms with van der Waals surface area (Å²) in [5, 5.41) is 18.5. The molecule has 0 bridgehead atoms. The normalized spacial score (nSPS) is 18.5. The number of aliphatic hydroxyl groups is 1. The molecule has 0 aliphatic carbocycles. The Kier molecular flexibility index (Phi) is 5.09. The number of nitrogens with zero attached hydrogens (tertiary/aromatic N) is 4. The molecule has 0 radical (unpaired) electrons. The van der Waals surface area contributed by atoms with Gasteiger partial charge in [-0.3, -0.25) is 4.68 Å². The van der Waals surface area contributed by atoms with Crippen molar-refractivity contribution < 1.29 is 14.6 Å². The number of rotatable bonds is 5. The number of hydrogen-bond donors (Lipinski definition) is 3. The second kappa shape index (κ2) is 7.92. The topological polar surface area (TPSA) is 120 Å². The molecule has 162 valence electrons. The van der Waals surface area contributed by atoms with Crippen LogP contribution in [0.5, 0.6) is 11.6 Å². The van der Waals surface area contributed by atoms with E-state index >= 15 is 0 Å². The summed E-state index contributed by atoms with van der Waals surface area (Å²) in [4.78, 5) is 8.87. The second-order valence-electron chi connectivity index (χ2n) is 8.30. The fourth-order valence-electron chi connectivity index (χ4n) is 4.01. The van der Waals surface area contributed by atoms with Crippen molar-refractivity contribution in [1.29, 1.82) is 0 Å². The Morgan fingerprint density at radius 2 is 2.03 bits per heavy atom. The van der Waals surface area contributed by atoms with Crippen molar-refractivity contribution in [2.24, 2.45) is 0 Å². The van der Waals surface area contributed by atoms with Gasteiger partial charge in [-0.05, 0) is 50.6 Å². The largest absolute Gasteiger partial charge is 0.433 e. The van der Waals surface area contributed by atoms with Gasteiger partial charge in [-0.2, -0.15) is 5.10 Å². The van der Waals surface area contributed by atoms with Crippen molar-refractivity contribution >= 4 is 5.82 Å². The van der Waals surface area contributed by atoms with Crippen LogP contribution in [-0.2, 0) is 10.3 Å². The van der Waals surface area contributed by atoms with Gasteiger partial charge in [0.15, 0.2) is 11.6 Å². The van der Waals surface area contributed by atoms with Crippen LogP contribution in [0.2, 0.25) is 0 Å². The zero-order chi connectivity index (χ0) is 21.4. The predicted molar refractivity (Wildman–Crippen MR) is 115 cm³/mol. The summed E-state index contributed by atoms with van der Waals surface area (Å²) in [6.45, 7) is 4.53. The maximum Gasteiger partial charge on any atom is 0.263 e. The van der Waals surface area contributed by atoms with Gasteiger partial charge < -0.3 is 25.6 Å². The summed E-state index contributed by atoms with van der Waals surface area (Å²) in [5.74, 6) is 1.01. The summed E-state index contributed by atoms with van der Waals surface area (Å²) >= 11 is 0. The van der Waals surface area contributed by atoms with E-state index in [1.54, 1.807) is 12.4 Å². The summed E-state index contributed by atoms with van der Waals surface area (Å²) in [6, 6.07) is 6.23. The fourth-order valence-corrected chi connectivity index (χ4v) is 4.01. The van der Waals surface area contributed by atoms with Crippen molar-refractivity contribution in [3.8, 4) is 22.9 Å². The van der Waals surface area contributed by atoms with Gasteiger partial charge >= 0.3 is 0 Å². The van der Waals surface area contributed by atoms with E-state index < -0.39 is 5.60 Å². The Morgan fingerprint density at radius 1 is 1.23 bits per heavy atom. The molecule has 2 aliphatic rings. The molecule has 1 aromatic carbocycles. The van der Waals surface area contributed by atoms with Gasteiger partial charge in [-0.15, -0.1) is 0 Å². The zero-order valence-corrected chi connectivity index (χ0v) is 17.4. The summed E-state index contributed by atoms with van der Waals surface area (Å²) in [5.41, 5.74) is 8.34. The molecule has 4 N–H and O–H groups in total. The lowest BCUT2D eigenvalue weighted by Crippen LogP contribution is -2.46. The van der Waals surface area contributed by atoms with Crippen molar-refractivity contribution in [2.45, 2.75) is 31.4 Å². The molecule has 31 heavy (non-hydrogen) atoms. The van der Waals surface area contributed by atoms with Gasteiger partial charge in [0.25, 0.3) is 5.88 Å². The van der Waals surface area contributed by atoms with Crippen LogP contribution in [0.1, 0.15) is 30.0 Å². The average molecular weight is 422 g/mol. The molecule has 5 rings (SSSR count). The Morgan fingerprint density at radius 3 is 2.77 bits per heavy atom. The maximum atomic E-state index is 10.7. The Labute approximate surface area is 180 Å². The van der Waals surface area contributed by atoms with Gasteiger partial charge in [0.05, 0.1) is 43.5 Å². The van der Waals surface area contributed by atoms with Gasteiger partial charge in [0.1, 0.15) is 5.60 Å². The number of nitrogens with two attached hydrogens (primary N) is 1. The van der Waals surface area contributed by atoms with E-state index in [0.29, 0.717) is 30.7 Å². The summed E-state index contributed by atoms with van der Waals surface area (Å²) < 4.78 is 13.1. The van der Waals surface area contributed by atoms with Crippen molar-refractivity contribution in [2.75, 3.05) is 32.0 Å². The number of benzene rings is 1. The molecule has 2 aliphatic heterocycles. The third kappa shape index (κ3) is 3.99. The number of nitrogens with one attached hydrogen (secondary N) is 1. The first kappa shape index (κ1) is 19.9. The van der Waals surface area contributed by atoms with Gasteiger partial charge in [-0.1, -0.05) is 11.6 Å². The maximum absolute atomic E-state index is 10.7. The monoisotopic (exact) mass is 422 g/mol. The molecule has 0 atom stereocenters. The lowest BCUT2D eigenvalue weighted by molar-refractivity contribution is -0.184. The van der Waals surface area contributed by atoms with Crippen molar-refractivity contribution in [1.82, 2.24) is 25.1 Å². The van der Waals surface area contributed by atoms with E-state index in [9.17, 15) is 5.11 Å². The van der Waals surface area contributed by atoms with Crippen LogP contribution in [0.25, 0.3) is 11.3 Å². The number of aromatic nitrogens is 4. The molecular formula is C22H26N6O3. The zero-order valence-electron chi connectivity index (χ0n) is 17.4. The number of aryl methyl sites for hydroxylation is 1. The van der Waals surface area contributed by atoms with E-state index in [1.165, 1.54) is 0 Å². The minimum Gasteiger partial charge on any atom is -0.433 e.